The van der Waals surface area contributed by atoms with Gasteiger partial charge in [-0.2, -0.15) is 18.4 Å². The molecule has 3 rings (SSSR count). The van der Waals surface area contributed by atoms with E-state index in [1.807, 2.05) is 6.07 Å². The van der Waals surface area contributed by atoms with Crippen LogP contribution in [0.25, 0.3) is 6.08 Å². The average molecular weight is 393 g/mol. The maximum absolute atomic E-state index is 13.1. The first-order valence-corrected chi connectivity index (χ1v) is 8.20. The van der Waals surface area contributed by atoms with Crippen molar-refractivity contribution in [3.05, 3.63) is 70.3 Å². The Hall–Kier alpha value is -2.98. The highest BCUT2D eigenvalue weighted by Gasteiger charge is 2.46. The minimum absolute atomic E-state index is 0.176. The summed E-state index contributed by atoms with van der Waals surface area (Å²) in [6, 6.07) is 10.9. The Balaban J connectivity index is 1.98. The van der Waals surface area contributed by atoms with Gasteiger partial charge in [0.05, 0.1) is 22.6 Å². The fourth-order valence-electron chi connectivity index (χ4n) is 2.84. The highest BCUT2D eigenvalue weighted by atomic mass is 35.5. The first-order valence-electron chi connectivity index (χ1n) is 7.77. The third kappa shape index (κ3) is 3.76. The molecule has 0 saturated carbocycles. The molecule has 8 heteroatoms. The molecule has 0 bridgehead atoms. The standard InChI is InChI=1S/C19H12ClF3N2O2/c20-16(11-3-1-10(9-24)2-4-11)12-5-6-15-13(7-12)8-14(18(26)27)17(25-15)19(21,22)23/h1-8,16-17,25H,(H,26,27). The van der Waals surface area contributed by atoms with Gasteiger partial charge in [0.1, 0.15) is 0 Å². The topological polar surface area (TPSA) is 73.1 Å². The van der Waals surface area contributed by atoms with Gasteiger partial charge in [-0.25, -0.2) is 4.79 Å². The summed E-state index contributed by atoms with van der Waals surface area (Å²) in [6.07, 6.45) is -3.73. The first-order chi connectivity index (χ1) is 12.7. The summed E-state index contributed by atoms with van der Waals surface area (Å²) >= 11 is 6.45. The van der Waals surface area contributed by atoms with Gasteiger partial charge in [-0.1, -0.05) is 18.2 Å². The third-order valence-electron chi connectivity index (χ3n) is 4.20. The van der Waals surface area contributed by atoms with Crippen molar-refractivity contribution in [1.82, 2.24) is 0 Å². The van der Waals surface area contributed by atoms with Crippen LogP contribution in [0.15, 0.2) is 48.0 Å². The fourth-order valence-corrected chi connectivity index (χ4v) is 3.12. The zero-order chi connectivity index (χ0) is 19.8. The Bertz CT molecular complexity index is 962. The van der Waals surface area contributed by atoms with Crippen LogP contribution < -0.4 is 5.32 Å². The number of carboxylic acid groups (broad SMARTS) is 1. The van der Waals surface area contributed by atoms with Crippen LogP contribution in [-0.2, 0) is 4.79 Å². The molecule has 0 aromatic heterocycles. The summed E-state index contributed by atoms with van der Waals surface area (Å²) in [6.45, 7) is 0. The molecule has 0 spiro atoms. The third-order valence-corrected chi connectivity index (χ3v) is 4.70. The predicted octanol–water partition coefficient (Wildman–Crippen LogP) is 4.71. The summed E-state index contributed by atoms with van der Waals surface area (Å²) < 4.78 is 39.4. The average Bonchev–Trinajstić information content (AvgIpc) is 2.65. The van der Waals surface area contributed by atoms with Crippen LogP contribution in [-0.4, -0.2) is 23.3 Å². The number of rotatable bonds is 3. The van der Waals surface area contributed by atoms with Crippen molar-refractivity contribution in [2.45, 2.75) is 17.6 Å². The van der Waals surface area contributed by atoms with Crippen molar-refractivity contribution in [3.63, 3.8) is 0 Å². The van der Waals surface area contributed by atoms with E-state index in [2.05, 4.69) is 5.32 Å². The number of alkyl halides is 4. The molecule has 0 radical (unpaired) electrons. The number of carbonyl (C=O) groups is 1. The van der Waals surface area contributed by atoms with Crippen molar-refractivity contribution in [2.24, 2.45) is 0 Å². The molecule has 4 nitrogen and oxygen atoms in total. The van der Waals surface area contributed by atoms with Gasteiger partial charge in [0, 0.05) is 5.69 Å². The van der Waals surface area contributed by atoms with Gasteiger partial charge in [-0.3, -0.25) is 0 Å². The number of hydrogen-bond acceptors (Lipinski definition) is 3. The number of fused-ring (bicyclic) bond motifs is 1. The molecule has 27 heavy (non-hydrogen) atoms. The van der Waals surface area contributed by atoms with E-state index in [1.165, 1.54) is 6.07 Å². The molecule has 1 aliphatic heterocycles. The van der Waals surface area contributed by atoms with Crippen LogP contribution in [0.4, 0.5) is 18.9 Å². The maximum Gasteiger partial charge on any atom is 0.413 e. The highest BCUT2D eigenvalue weighted by Crippen LogP contribution is 2.38. The van der Waals surface area contributed by atoms with E-state index in [1.54, 1.807) is 36.4 Å². The lowest BCUT2D eigenvalue weighted by molar-refractivity contribution is -0.146. The lowest BCUT2D eigenvalue weighted by Crippen LogP contribution is -2.41. The van der Waals surface area contributed by atoms with Crippen molar-refractivity contribution in [1.29, 1.82) is 5.26 Å². The molecule has 0 fully saturated rings. The first kappa shape index (κ1) is 18.8. The van der Waals surface area contributed by atoms with Crippen LogP contribution in [0.5, 0.6) is 0 Å². The van der Waals surface area contributed by atoms with E-state index in [0.29, 0.717) is 22.3 Å². The zero-order valence-corrected chi connectivity index (χ0v) is 14.3. The normalized spacial score (nSPS) is 17.1. The van der Waals surface area contributed by atoms with E-state index in [0.717, 1.165) is 6.08 Å². The van der Waals surface area contributed by atoms with Crippen LogP contribution in [0.2, 0.25) is 0 Å². The molecule has 2 atom stereocenters. The van der Waals surface area contributed by atoms with Crippen molar-refractivity contribution in [2.75, 3.05) is 5.32 Å². The maximum atomic E-state index is 13.1. The summed E-state index contributed by atoms with van der Waals surface area (Å²) in [7, 11) is 0. The minimum Gasteiger partial charge on any atom is -0.478 e. The molecule has 2 aromatic rings. The number of anilines is 1. The van der Waals surface area contributed by atoms with Gasteiger partial charge >= 0.3 is 12.1 Å². The molecule has 0 amide bonds. The number of nitrogens with one attached hydrogen (secondary N) is 1. The van der Waals surface area contributed by atoms with Gasteiger partial charge < -0.3 is 10.4 Å². The molecule has 0 aliphatic carbocycles. The van der Waals surface area contributed by atoms with Crippen LogP contribution >= 0.6 is 11.6 Å². The largest absolute Gasteiger partial charge is 0.478 e. The lowest BCUT2D eigenvalue weighted by atomic mass is 9.94. The predicted molar refractivity (Wildman–Crippen MR) is 94.4 cm³/mol. The Morgan fingerprint density at radius 3 is 2.37 bits per heavy atom. The van der Waals surface area contributed by atoms with Crippen molar-refractivity contribution in [3.8, 4) is 6.07 Å². The van der Waals surface area contributed by atoms with Crippen LogP contribution in [0, 0.1) is 11.3 Å². The molecule has 1 aliphatic rings. The Morgan fingerprint density at radius 2 is 1.81 bits per heavy atom. The number of hydrogen-bond donors (Lipinski definition) is 2. The number of nitriles is 1. The second-order valence-electron chi connectivity index (χ2n) is 5.97. The fraction of sp³-hybridized carbons (Fsp3) is 0.158. The number of benzene rings is 2. The van der Waals surface area contributed by atoms with Crippen molar-refractivity contribution >= 4 is 29.3 Å². The van der Waals surface area contributed by atoms with E-state index >= 15 is 0 Å². The molecule has 138 valence electrons. The van der Waals surface area contributed by atoms with Gasteiger partial charge in [0.25, 0.3) is 0 Å². The van der Waals surface area contributed by atoms with Gasteiger partial charge in [0.2, 0.25) is 0 Å². The summed E-state index contributed by atoms with van der Waals surface area (Å²) in [5.41, 5.74) is 1.48. The lowest BCUT2D eigenvalue weighted by Gasteiger charge is -2.28. The highest BCUT2D eigenvalue weighted by molar-refractivity contribution is 6.22. The Morgan fingerprint density at radius 1 is 1.19 bits per heavy atom. The number of aliphatic carboxylic acids is 1. The monoisotopic (exact) mass is 392 g/mol. The Labute approximate surface area is 157 Å². The smallest absolute Gasteiger partial charge is 0.413 e. The molecular weight excluding hydrogens is 381 g/mol. The Kier molecular flexibility index (Phi) is 4.85. The second-order valence-corrected chi connectivity index (χ2v) is 6.40. The molecule has 2 aromatic carbocycles. The zero-order valence-electron chi connectivity index (χ0n) is 13.6. The molecular formula is C19H12ClF3N2O2. The quantitative estimate of drug-likeness (QED) is 0.742. The van der Waals surface area contributed by atoms with E-state index < -0.39 is 29.1 Å². The summed E-state index contributed by atoms with van der Waals surface area (Å²) in [4.78, 5) is 11.3. The number of nitrogens with zero attached hydrogens (tertiary/aromatic N) is 1. The van der Waals surface area contributed by atoms with Crippen molar-refractivity contribution < 1.29 is 23.1 Å². The second kappa shape index (κ2) is 6.97. The molecule has 1 heterocycles. The molecule has 0 saturated heterocycles. The van der Waals surface area contributed by atoms with Gasteiger partial charge in [-0.05, 0) is 47.0 Å². The van der Waals surface area contributed by atoms with E-state index in [4.69, 9.17) is 22.0 Å². The van der Waals surface area contributed by atoms with Crippen LogP contribution in [0.1, 0.15) is 27.6 Å². The van der Waals surface area contributed by atoms with Gasteiger partial charge in [-0.15, -0.1) is 11.6 Å². The summed E-state index contributed by atoms with van der Waals surface area (Å²) in [5, 5.41) is 19.6. The van der Waals surface area contributed by atoms with E-state index in [-0.39, 0.29) is 5.69 Å². The minimum atomic E-state index is -4.74. The molecule has 2 N–H and O–H groups in total. The van der Waals surface area contributed by atoms with Crippen LogP contribution in [0.3, 0.4) is 0 Å². The van der Waals surface area contributed by atoms with Gasteiger partial charge in [0.15, 0.2) is 6.04 Å². The number of carboxylic acids is 1. The number of halogens is 4. The SMILES string of the molecule is N#Cc1ccc(C(Cl)c2ccc3c(c2)C=C(C(=O)O)C(C(F)(F)F)N3)cc1. The summed E-state index contributed by atoms with van der Waals surface area (Å²) in [5.74, 6) is -1.64. The molecule has 2 unspecified atom stereocenters. The van der Waals surface area contributed by atoms with E-state index in [9.17, 15) is 18.0 Å².